The van der Waals surface area contributed by atoms with Crippen LogP contribution >= 0.6 is 0 Å². The van der Waals surface area contributed by atoms with Crippen molar-refractivity contribution in [2.75, 3.05) is 39.3 Å². The highest BCUT2D eigenvalue weighted by molar-refractivity contribution is 5.99. The molecule has 2 aliphatic rings. The third-order valence-electron chi connectivity index (χ3n) is 9.24. The molecule has 10 heteroatoms. The van der Waals surface area contributed by atoms with Crippen molar-refractivity contribution in [1.29, 1.82) is 0 Å². The van der Waals surface area contributed by atoms with Crippen LogP contribution in [0.25, 0.3) is 55.7 Å². The summed E-state index contributed by atoms with van der Waals surface area (Å²) in [5, 5.41) is 9.49. The highest BCUT2D eigenvalue weighted by Crippen LogP contribution is 2.35. The van der Waals surface area contributed by atoms with Crippen LogP contribution in [-0.2, 0) is 6.54 Å². The third-order valence-corrected chi connectivity index (χ3v) is 9.24. The van der Waals surface area contributed by atoms with Crippen molar-refractivity contribution in [1.82, 2.24) is 39.9 Å². The lowest BCUT2D eigenvalue weighted by Gasteiger charge is -2.26. The molecule has 0 unspecified atom stereocenters. The van der Waals surface area contributed by atoms with Gasteiger partial charge in [0.15, 0.2) is 5.65 Å². The van der Waals surface area contributed by atoms with Crippen LogP contribution < -0.4 is 4.74 Å². The van der Waals surface area contributed by atoms with Gasteiger partial charge >= 0.3 is 0 Å². The molecule has 2 aliphatic heterocycles. The molecule has 0 radical (unpaired) electrons. The maximum atomic E-state index is 14.8. The van der Waals surface area contributed by atoms with E-state index in [9.17, 15) is 4.39 Å². The van der Waals surface area contributed by atoms with E-state index in [0.29, 0.717) is 23.7 Å². The highest BCUT2D eigenvalue weighted by Gasteiger charge is 2.18. The normalized spacial score (nSPS) is 16.1. The van der Waals surface area contributed by atoms with E-state index in [0.717, 1.165) is 83.7 Å². The van der Waals surface area contributed by atoms with Crippen LogP contribution in [0.1, 0.15) is 37.7 Å². The quantitative estimate of drug-likeness (QED) is 0.184. The predicted octanol–water partition coefficient (Wildman–Crippen LogP) is 6.83. The van der Waals surface area contributed by atoms with Crippen LogP contribution in [-0.4, -0.2) is 79.3 Å². The molecular formula is C36H37FN8O. The van der Waals surface area contributed by atoms with E-state index < -0.39 is 0 Å². The molecule has 46 heavy (non-hydrogen) atoms. The molecule has 5 aromatic heterocycles. The largest absolute Gasteiger partial charge is 0.492 e. The number of likely N-dealkylation sites (tertiary alicyclic amines) is 2. The van der Waals surface area contributed by atoms with Gasteiger partial charge in [-0.2, -0.15) is 5.10 Å². The molecule has 0 bridgehead atoms. The Labute approximate surface area is 266 Å². The average molecular weight is 617 g/mol. The summed E-state index contributed by atoms with van der Waals surface area (Å²) in [5.74, 6) is 0.196. The van der Waals surface area contributed by atoms with E-state index >= 15 is 0 Å². The van der Waals surface area contributed by atoms with Crippen LogP contribution in [0.3, 0.4) is 0 Å². The minimum absolute atomic E-state index is 0.333. The lowest BCUT2D eigenvalue weighted by molar-refractivity contribution is 0.220. The fourth-order valence-corrected chi connectivity index (χ4v) is 6.88. The molecule has 1 aromatic carbocycles. The first-order valence-electron chi connectivity index (χ1n) is 16.3. The zero-order valence-electron chi connectivity index (χ0n) is 25.8. The maximum Gasteiger partial charge on any atom is 0.155 e. The molecule has 0 amide bonds. The van der Waals surface area contributed by atoms with Crippen molar-refractivity contribution in [2.24, 2.45) is 0 Å². The number of fused-ring (bicyclic) bond motifs is 2. The van der Waals surface area contributed by atoms with Crippen molar-refractivity contribution >= 4 is 22.1 Å². The smallest absolute Gasteiger partial charge is 0.155 e. The maximum absolute atomic E-state index is 14.8. The number of ether oxygens (including phenoxy) is 1. The van der Waals surface area contributed by atoms with E-state index in [1.807, 2.05) is 36.8 Å². The predicted molar refractivity (Wildman–Crippen MR) is 178 cm³/mol. The number of aromatic amines is 2. The van der Waals surface area contributed by atoms with Gasteiger partial charge in [-0.1, -0.05) is 6.42 Å². The van der Waals surface area contributed by atoms with E-state index in [1.54, 1.807) is 12.3 Å². The summed E-state index contributed by atoms with van der Waals surface area (Å²) in [6.07, 6.45) is 13.8. The topological polar surface area (TPSA) is 98.8 Å². The Morgan fingerprint density at radius 1 is 0.761 bits per heavy atom. The molecule has 0 spiro atoms. The Morgan fingerprint density at radius 2 is 1.59 bits per heavy atom. The second kappa shape index (κ2) is 12.6. The van der Waals surface area contributed by atoms with E-state index in [1.165, 1.54) is 43.7 Å². The summed E-state index contributed by atoms with van der Waals surface area (Å²) in [6.45, 7) is 6.79. The Morgan fingerprint density at radius 3 is 2.48 bits per heavy atom. The molecular weight excluding hydrogens is 579 g/mol. The number of H-pyrrole nitrogens is 2. The Kier molecular flexibility index (Phi) is 7.89. The second-order valence-electron chi connectivity index (χ2n) is 12.5. The van der Waals surface area contributed by atoms with Gasteiger partial charge in [0, 0.05) is 65.8 Å². The summed E-state index contributed by atoms with van der Waals surface area (Å²) in [4.78, 5) is 22.2. The Bertz CT molecular complexity index is 1990. The van der Waals surface area contributed by atoms with Crippen LogP contribution in [0.4, 0.5) is 4.39 Å². The number of hydrogen-bond donors (Lipinski definition) is 2. The first kappa shape index (κ1) is 28.8. The van der Waals surface area contributed by atoms with Crippen molar-refractivity contribution in [3.05, 3.63) is 78.6 Å². The average Bonchev–Trinajstić information content (AvgIpc) is 3.85. The monoisotopic (exact) mass is 616 g/mol. The zero-order valence-corrected chi connectivity index (χ0v) is 25.8. The summed E-state index contributed by atoms with van der Waals surface area (Å²) < 4.78 is 20.8. The van der Waals surface area contributed by atoms with Crippen molar-refractivity contribution in [3.8, 4) is 39.4 Å². The van der Waals surface area contributed by atoms with Gasteiger partial charge in [0.2, 0.25) is 0 Å². The number of nitrogens with zero attached hydrogens (tertiary/aromatic N) is 6. The van der Waals surface area contributed by atoms with Crippen LogP contribution in [0.5, 0.6) is 5.75 Å². The molecule has 7 heterocycles. The zero-order chi connectivity index (χ0) is 30.9. The van der Waals surface area contributed by atoms with E-state index in [2.05, 4.69) is 47.1 Å². The molecule has 2 N–H and O–H groups in total. The fraction of sp³-hybridized carbons (Fsp3) is 0.333. The van der Waals surface area contributed by atoms with Crippen LogP contribution in [0, 0.1) is 5.82 Å². The fourth-order valence-electron chi connectivity index (χ4n) is 6.88. The molecule has 0 saturated carbocycles. The molecule has 8 rings (SSSR count). The molecule has 2 fully saturated rings. The van der Waals surface area contributed by atoms with Crippen molar-refractivity contribution in [3.63, 3.8) is 0 Å². The van der Waals surface area contributed by atoms with Crippen molar-refractivity contribution < 1.29 is 9.13 Å². The molecule has 234 valence electrons. The van der Waals surface area contributed by atoms with Gasteiger partial charge in [-0.25, -0.2) is 14.4 Å². The number of pyridine rings is 3. The molecule has 9 nitrogen and oxygen atoms in total. The first-order valence-corrected chi connectivity index (χ1v) is 16.3. The van der Waals surface area contributed by atoms with Crippen LogP contribution in [0.2, 0.25) is 0 Å². The third kappa shape index (κ3) is 5.98. The number of benzene rings is 1. The number of rotatable bonds is 9. The summed E-state index contributed by atoms with van der Waals surface area (Å²) >= 11 is 0. The number of hydrogen-bond acceptors (Lipinski definition) is 7. The Hall–Kier alpha value is -4.67. The van der Waals surface area contributed by atoms with Gasteiger partial charge in [0.25, 0.3) is 0 Å². The van der Waals surface area contributed by atoms with Crippen LogP contribution in [0.15, 0.2) is 67.3 Å². The van der Waals surface area contributed by atoms with Gasteiger partial charge in [0.05, 0.1) is 5.69 Å². The number of nitrogens with one attached hydrogen (secondary N) is 2. The highest BCUT2D eigenvalue weighted by atomic mass is 19.1. The number of aromatic nitrogens is 6. The Balaban J connectivity index is 1.08. The summed E-state index contributed by atoms with van der Waals surface area (Å²) in [6, 6.07) is 13.2. The molecule has 2 saturated heterocycles. The minimum atomic E-state index is -0.333. The second-order valence-corrected chi connectivity index (χ2v) is 12.5. The molecule has 6 aromatic rings. The SMILES string of the molecule is Fc1cc(OCCN2CCCC2)cc(-c2ccnc3[nH]c(-c4n[nH]c5ncc(-c6cncc(CN7CCCCC7)c6)cc45)cc23)c1. The lowest BCUT2D eigenvalue weighted by atomic mass is 10.0. The first-order chi connectivity index (χ1) is 22.7. The van der Waals surface area contributed by atoms with Crippen molar-refractivity contribution in [2.45, 2.75) is 38.6 Å². The lowest BCUT2D eigenvalue weighted by Crippen LogP contribution is -2.29. The van der Waals surface area contributed by atoms with Gasteiger partial charge < -0.3 is 9.72 Å². The summed E-state index contributed by atoms with van der Waals surface area (Å²) in [7, 11) is 0. The summed E-state index contributed by atoms with van der Waals surface area (Å²) in [5.41, 5.74) is 7.77. The number of halogens is 1. The molecule has 0 aliphatic carbocycles. The van der Waals surface area contributed by atoms with Gasteiger partial charge in [0.1, 0.15) is 29.5 Å². The minimum Gasteiger partial charge on any atom is -0.492 e. The molecule has 0 atom stereocenters. The van der Waals surface area contributed by atoms with Gasteiger partial charge in [-0.15, -0.1) is 0 Å². The van der Waals surface area contributed by atoms with E-state index in [-0.39, 0.29) is 5.82 Å². The van der Waals surface area contributed by atoms with Gasteiger partial charge in [-0.3, -0.25) is 19.9 Å². The standard InChI is InChI=1S/C36H37FN8O/c37-28-15-25(16-29(18-28)46-13-12-44-8-4-5-9-44)30-6-7-39-35-31(30)19-33(41-35)34-32-17-27(22-40-36(32)43-42-34)26-14-24(20-38-21-26)23-45-10-2-1-3-11-45/h6-7,14-22H,1-5,8-13,23H2,(H,39,41)(H,40,42,43). The number of piperidine rings is 1. The van der Waals surface area contributed by atoms with Gasteiger partial charge in [-0.05, 0) is 105 Å². The van der Waals surface area contributed by atoms with E-state index in [4.69, 9.17) is 9.72 Å².